The van der Waals surface area contributed by atoms with Gasteiger partial charge in [0, 0.05) is 24.3 Å². The van der Waals surface area contributed by atoms with Crippen molar-refractivity contribution in [1.82, 2.24) is 14.8 Å². The zero-order valence-corrected chi connectivity index (χ0v) is 15.4. The van der Waals surface area contributed by atoms with Crippen LogP contribution in [0.4, 0.5) is 0 Å². The van der Waals surface area contributed by atoms with Crippen LogP contribution in [0.25, 0.3) is 0 Å². The van der Waals surface area contributed by atoms with Crippen LogP contribution in [-0.4, -0.2) is 26.3 Å². The van der Waals surface area contributed by atoms with Crippen LogP contribution in [0.15, 0.2) is 35.5 Å². The molecular formula is C18H26N4OS. The first-order valence-corrected chi connectivity index (χ1v) is 9.41. The smallest absolute Gasteiger partial charge is 0.191 e. The molecule has 0 spiro atoms. The van der Waals surface area contributed by atoms with Crippen LogP contribution in [0.3, 0.4) is 0 Å². The summed E-state index contributed by atoms with van der Waals surface area (Å²) in [6.45, 7) is 7.21. The minimum Gasteiger partial charge on any atom is -0.321 e. The lowest BCUT2D eigenvalue weighted by molar-refractivity contribution is 0.0989. The lowest BCUT2D eigenvalue weighted by atomic mass is 10.1. The number of ketones is 1. The maximum Gasteiger partial charge on any atom is 0.191 e. The molecule has 0 saturated carbocycles. The zero-order chi connectivity index (χ0) is 17.5. The highest BCUT2D eigenvalue weighted by atomic mass is 32.2. The largest absolute Gasteiger partial charge is 0.321 e. The summed E-state index contributed by atoms with van der Waals surface area (Å²) in [5, 5.41) is 9.42. The van der Waals surface area contributed by atoms with Crippen LogP contribution in [0.5, 0.6) is 0 Å². The molecule has 2 aromatic rings. The number of nitrogens with zero attached hydrogens (tertiary/aromatic N) is 3. The number of rotatable bonds is 9. The fraction of sp³-hybridized carbons (Fsp3) is 0.500. The number of hydrogen-bond donors (Lipinski definition) is 1. The Labute approximate surface area is 148 Å². The van der Waals surface area contributed by atoms with Gasteiger partial charge in [0.2, 0.25) is 0 Å². The molecule has 1 aromatic heterocycles. The third kappa shape index (κ3) is 4.92. The molecule has 0 bridgehead atoms. The van der Waals surface area contributed by atoms with Crippen molar-refractivity contribution in [3.8, 4) is 0 Å². The van der Waals surface area contributed by atoms with Gasteiger partial charge in [-0.15, -0.1) is 10.2 Å². The van der Waals surface area contributed by atoms with Gasteiger partial charge in [-0.25, -0.2) is 0 Å². The van der Waals surface area contributed by atoms with E-state index in [-0.39, 0.29) is 11.8 Å². The third-order valence-electron chi connectivity index (χ3n) is 3.72. The van der Waals surface area contributed by atoms with Crippen LogP contribution in [0.1, 0.15) is 55.8 Å². The molecule has 24 heavy (non-hydrogen) atoms. The number of thioether (sulfide) groups is 1. The fourth-order valence-electron chi connectivity index (χ4n) is 2.40. The van der Waals surface area contributed by atoms with Crippen molar-refractivity contribution in [3.05, 3.63) is 41.7 Å². The molecule has 0 aliphatic rings. The summed E-state index contributed by atoms with van der Waals surface area (Å²) in [5.74, 6) is 2.16. The van der Waals surface area contributed by atoms with E-state index in [1.54, 1.807) is 11.8 Å². The SMILES string of the molecule is CCC(N)c1nnc(SCCC(=O)c2ccccc2)n1CC(C)C. The van der Waals surface area contributed by atoms with E-state index >= 15 is 0 Å². The van der Waals surface area contributed by atoms with Gasteiger partial charge in [-0.3, -0.25) is 4.79 Å². The summed E-state index contributed by atoms with van der Waals surface area (Å²) >= 11 is 1.57. The minimum atomic E-state index is -0.100. The van der Waals surface area contributed by atoms with Crippen LogP contribution >= 0.6 is 11.8 Å². The van der Waals surface area contributed by atoms with Crippen molar-refractivity contribution >= 4 is 17.5 Å². The van der Waals surface area contributed by atoms with Gasteiger partial charge in [0.05, 0.1) is 6.04 Å². The molecule has 5 nitrogen and oxygen atoms in total. The molecule has 0 fully saturated rings. The Morgan fingerprint density at radius 1 is 1.25 bits per heavy atom. The Balaban J connectivity index is 2.01. The first-order chi connectivity index (χ1) is 11.5. The summed E-state index contributed by atoms with van der Waals surface area (Å²) in [6.07, 6.45) is 1.31. The molecule has 1 atom stereocenters. The average Bonchev–Trinajstić information content (AvgIpc) is 2.97. The number of nitrogens with two attached hydrogens (primary N) is 1. The zero-order valence-electron chi connectivity index (χ0n) is 14.6. The molecule has 0 radical (unpaired) electrons. The van der Waals surface area contributed by atoms with Gasteiger partial charge >= 0.3 is 0 Å². The Hall–Kier alpha value is -1.66. The van der Waals surface area contributed by atoms with Crippen LogP contribution in [0, 0.1) is 5.92 Å². The molecule has 1 unspecified atom stereocenters. The Morgan fingerprint density at radius 3 is 2.58 bits per heavy atom. The van der Waals surface area contributed by atoms with Crippen LogP contribution in [0.2, 0.25) is 0 Å². The van der Waals surface area contributed by atoms with Crippen molar-refractivity contribution < 1.29 is 4.79 Å². The van der Waals surface area contributed by atoms with Crippen LogP contribution in [-0.2, 0) is 6.54 Å². The second kappa shape index (κ2) is 8.99. The van der Waals surface area contributed by atoms with Crippen molar-refractivity contribution in [2.45, 2.75) is 51.4 Å². The van der Waals surface area contributed by atoms with E-state index in [1.807, 2.05) is 37.3 Å². The highest BCUT2D eigenvalue weighted by Gasteiger charge is 2.18. The van der Waals surface area contributed by atoms with E-state index < -0.39 is 0 Å². The van der Waals surface area contributed by atoms with Gasteiger partial charge in [0.15, 0.2) is 16.8 Å². The van der Waals surface area contributed by atoms with Crippen molar-refractivity contribution in [3.63, 3.8) is 0 Å². The average molecular weight is 347 g/mol. The second-order valence-electron chi connectivity index (χ2n) is 6.25. The first-order valence-electron chi connectivity index (χ1n) is 8.42. The predicted molar refractivity (Wildman–Crippen MR) is 98.2 cm³/mol. The lowest BCUT2D eigenvalue weighted by Gasteiger charge is -2.15. The van der Waals surface area contributed by atoms with E-state index in [0.717, 1.165) is 29.5 Å². The molecule has 2 rings (SSSR count). The quantitative estimate of drug-likeness (QED) is 0.553. The highest BCUT2D eigenvalue weighted by Crippen LogP contribution is 2.23. The summed E-state index contributed by atoms with van der Waals surface area (Å²) in [5.41, 5.74) is 6.91. The third-order valence-corrected chi connectivity index (χ3v) is 4.69. The molecule has 130 valence electrons. The Kier molecular flexibility index (Phi) is 6.99. The number of carbonyl (C=O) groups is 1. The summed E-state index contributed by atoms with van der Waals surface area (Å²) in [4.78, 5) is 12.2. The maximum atomic E-state index is 12.2. The van der Waals surface area contributed by atoms with Crippen molar-refractivity contribution in [1.29, 1.82) is 0 Å². The Bertz CT molecular complexity index is 654. The van der Waals surface area contributed by atoms with Crippen molar-refractivity contribution in [2.24, 2.45) is 11.7 Å². The maximum absolute atomic E-state index is 12.2. The molecule has 0 saturated heterocycles. The van der Waals surface area contributed by atoms with E-state index in [0.29, 0.717) is 18.1 Å². The minimum absolute atomic E-state index is 0.100. The van der Waals surface area contributed by atoms with Gasteiger partial charge in [-0.05, 0) is 12.3 Å². The fourth-order valence-corrected chi connectivity index (χ4v) is 3.30. The number of Topliss-reactive ketones (excluding diaryl/α,β-unsaturated/α-hetero) is 1. The summed E-state index contributed by atoms with van der Waals surface area (Å²) in [7, 11) is 0. The monoisotopic (exact) mass is 346 g/mol. The van der Waals surface area contributed by atoms with E-state index in [2.05, 4.69) is 28.6 Å². The van der Waals surface area contributed by atoms with Gasteiger partial charge in [0.25, 0.3) is 0 Å². The van der Waals surface area contributed by atoms with Gasteiger partial charge in [0.1, 0.15) is 0 Å². The molecule has 1 heterocycles. The van der Waals surface area contributed by atoms with E-state index in [1.165, 1.54) is 0 Å². The molecule has 2 N–H and O–H groups in total. The van der Waals surface area contributed by atoms with E-state index in [4.69, 9.17) is 5.73 Å². The van der Waals surface area contributed by atoms with E-state index in [9.17, 15) is 4.79 Å². The first kappa shape index (κ1) is 18.7. The molecular weight excluding hydrogens is 320 g/mol. The van der Waals surface area contributed by atoms with Gasteiger partial charge < -0.3 is 10.3 Å². The number of carbonyl (C=O) groups excluding carboxylic acids is 1. The number of aromatic nitrogens is 3. The lowest BCUT2D eigenvalue weighted by Crippen LogP contribution is -2.18. The van der Waals surface area contributed by atoms with Crippen molar-refractivity contribution in [2.75, 3.05) is 5.75 Å². The number of benzene rings is 1. The molecule has 0 aliphatic heterocycles. The van der Waals surface area contributed by atoms with Gasteiger partial charge in [-0.1, -0.05) is 62.9 Å². The molecule has 1 aromatic carbocycles. The Morgan fingerprint density at radius 2 is 1.96 bits per heavy atom. The molecule has 6 heteroatoms. The standard InChI is InChI=1S/C18H26N4OS/c1-4-15(19)17-20-21-18(22(17)12-13(2)3)24-11-10-16(23)14-8-6-5-7-9-14/h5-9,13,15H,4,10-12,19H2,1-3H3. The van der Waals surface area contributed by atoms with Crippen LogP contribution < -0.4 is 5.73 Å². The summed E-state index contributed by atoms with van der Waals surface area (Å²) < 4.78 is 2.11. The molecule has 0 aliphatic carbocycles. The topological polar surface area (TPSA) is 73.8 Å². The predicted octanol–water partition coefficient (Wildman–Crippen LogP) is 3.71. The van der Waals surface area contributed by atoms with Gasteiger partial charge in [-0.2, -0.15) is 0 Å². The second-order valence-corrected chi connectivity index (χ2v) is 7.31. The summed E-state index contributed by atoms with van der Waals surface area (Å²) in [6, 6.07) is 9.30. The highest BCUT2D eigenvalue weighted by molar-refractivity contribution is 7.99. The molecule has 0 amide bonds. The normalized spacial score (nSPS) is 12.5. The number of hydrogen-bond acceptors (Lipinski definition) is 5.